The van der Waals surface area contributed by atoms with E-state index in [-0.39, 0.29) is 5.91 Å². The van der Waals surface area contributed by atoms with Crippen LogP contribution in [0.5, 0.6) is 0 Å². The average molecular weight is 276 g/mol. The van der Waals surface area contributed by atoms with E-state index in [4.69, 9.17) is 4.74 Å². The van der Waals surface area contributed by atoms with Crippen molar-refractivity contribution in [2.45, 2.75) is 39.3 Å². The second-order valence-electron chi connectivity index (χ2n) is 5.72. The van der Waals surface area contributed by atoms with E-state index < -0.39 is 17.7 Å². The van der Waals surface area contributed by atoms with Crippen molar-refractivity contribution in [3.8, 4) is 0 Å². The van der Waals surface area contributed by atoms with Gasteiger partial charge in [-0.2, -0.15) is 0 Å². The van der Waals surface area contributed by atoms with Crippen LogP contribution in [0.25, 0.3) is 0 Å². The summed E-state index contributed by atoms with van der Waals surface area (Å²) >= 11 is 0. The Morgan fingerprint density at radius 3 is 2.60 bits per heavy atom. The standard InChI is InChI=1S/C15H20N2O3/c1-5-17-11-9-7-6-8-10(11)12(13(17)18)16-14(19)20-15(2,3)4/h6-9,12H,5H2,1-4H3,(H,16,19). The topological polar surface area (TPSA) is 58.6 Å². The molecule has 5 heteroatoms. The van der Waals surface area contributed by atoms with Gasteiger partial charge in [0.1, 0.15) is 11.6 Å². The highest BCUT2D eigenvalue weighted by Gasteiger charge is 2.37. The molecule has 1 unspecified atom stereocenters. The van der Waals surface area contributed by atoms with Crippen LogP contribution in [0.3, 0.4) is 0 Å². The molecule has 108 valence electrons. The van der Waals surface area contributed by atoms with E-state index in [9.17, 15) is 9.59 Å². The lowest BCUT2D eigenvalue weighted by atomic mass is 10.1. The molecule has 1 aromatic rings. The third-order valence-electron chi connectivity index (χ3n) is 3.03. The van der Waals surface area contributed by atoms with Gasteiger partial charge in [0, 0.05) is 17.8 Å². The number of hydrogen-bond acceptors (Lipinski definition) is 3. The fourth-order valence-corrected chi connectivity index (χ4v) is 2.28. The number of anilines is 1. The quantitative estimate of drug-likeness (QED) is 0.903. The molecule has 5 nitrogen and oxygen atoms in total. The smallest absolute Gasteiger partial charge is 0.408 e. The first-order valence-corrected chi connectivity index (χ1v) is 6.73. The summed E-state index contributed by atoms with van der Waals surface area (Å²) in [6.45, 7) is 7.84. The van der Waals surface area contributed by atoms with E-state index in [1.807, 2.05) is 31.2 Å². The molecule has 0 radical (unpaired) electrons. The number of alkyl carbamates (subject to hydrolysis) is 1. The predicted molar refractivity (Wildman–Crippen MR) is 76.6 cm³/mol. The van der Waals surface area contributed by atoms with Crippen molar-refractivity contribution in [2.75, 3.05) is 11.4 Å². The van der Waals surface area contributed by atoms with Crippen molar-refractivity contribution in [1.82, 2.24) is 5.32 Å². The molecular formula is C15H20N2O3. The molecule has 1 aliphatic heterocycles. The van der Waals surface area contributed by atoms with E-state index in [1.54, 1.807) is 25.7 Å². The van der Waals surface area contributed by atoms with Gasteiger partial charge >= 0.3 is 6.09 Å². The van der Waals surface area contributed by atoms with Gasteiger partial charge in [-0.3, -0.25) is 4.79 Å². The second kappa shape index (κ2) is 5.15. The zero-order valence-corrected chi connectivity index (χ0v) is 12.3. The maximum absolute atomic E-state index is 12.4. The minimum Gasteiger partial charge on any atom is -0.444 e. The summed E-state index contributed by atoms with van der Waals surface area (Å²) in [6, 6.07) is 6.80. The summed E-state index contributed by atoms with van der Waals surface area (Å²) in [6.07, 6.45) is -0.580. The lowest BCUT2D eigenvalue weighted by molar-refractivity contribution is -0.120. The van der Waals surface area contributed by atoms with Crippen LogP contribution < -0.4 is 10.2 Å². The molecule has 1 heterocycles. The number of nitrogens with zero attached hydrogens (tertiary/aromatic N) is 1. The molecule has 2 rings (SSSR count). The molecule has 0 aromatic heterocycles. The predicted octanol–water partition coefficient (Wildman–Crippen LogP) is 2.62. The molecule has 0 fully saturated rings. The first-order chi connectivity index (χ1) is 9.33. The average Bonchev–Trinajstić information content (AvgIpc) is 2.60. The number of hydrogen-bond donors (Lipinski definition) is 1. The van der Waals surface area contributed by atoms with Crippen molar-refractivity contribution in [3.05, 3.63) is 29.8 Å². The SMILES string of the molecule is CCN1C(=O)C(NC(=O)OC(C)(C)C)c2ccccc21. The van der Waals surface area contributed by atoms with Gasteiger partial charge in [-0.25, -0.2) is 4.79 Å². The van der Waals surface area contributed by atoms with Gasteiger partial charge < -0.3 is 15.0 Å². The van der Waals surface area contributed by atoms with Gasteiger partial charge in [0.15, 0.2) is 0 Å². The van der Waals surface area contributed by atoms with Crippen LogP contribution in [-0.4, -0.2) is 24.1 Å². The van der Waals surface area contributed by atoms with Crippen LogP contribution in [0.4, 0.5) is 10.5 Å². The zero-order valence-electron chi connectivity index (χ0n) is 12.3. The maximum atomic E-state index is 12.4. The van der Waals surface area contributed by atoms with E-state index in [0.29, 0.717) is 6.54 Å². The van der Waals surface area contributed by atoms with Crippen LogP contribution >= 0.6 is 0 Å². The molecule has 0 bridgehead atoms. The van der Waals surface area contributed by atoms with Crippen LogP contribution in [-0.2, 0) is 9.53 Å². The third-order valence-corrected chi connectivity index (χ3v) is 3.03. The normalized spacial score (nSPS) is 17.9. The number of amides is 2. The summed E-state index contributed by atoms with van der Waals surface area (Å²) in [5.74, 6) is -0.125. The molecule has 1 N–H and O–H groups in total. The molecule has 1 aromatic carbocycles. The number of likely N-dealkylation sites (N-methyl/N-ethyl adjacent to an activating group) is 1. The fraction of sp³-hybridized carbons (Fsp3) is 0.467. The first-order valence-electron chi connectivity index (χ1n) is 6.73. The zero-order chi connectivity index (χ0) is 14.9. The second-order valence-corrected chi connectivity index (χ2v) is 5.72. The Kier molecular flexibility index (Phi) is 3.70. The van der Waals surface area contributed by atoms with Crippen LogP contribution in [0.15, 0.2) is 24.3 Å². The number of ether oxygens (including phenoxy) is 1. The Hall–Kier alpha value is -2.04. The summed E-state index contributed by atoms with van der Waals surface area (Å²) in [4.78, 5) is 25.9. The molecule has 0 aliphatic carbocycles. The maximum Gasteiger partial charge on any atom is 0.408 e. The van der Waals surface area contributed by atoms with E-state index >= 15 is 0 Å². The van der Waals surface area contributed by atoms with Crippen LogP contribution in [0, 0.1) is 0 Å². The number of benzene rings is 1. The van der Waals surface area contributed by atoms with Crippen molar-refractivity contribution in [1.29, 1.82) is 0 Å². The molecule has 0 spiro atoms. The highest BCUT2D eigenvalue weighted by Crippen LogP contribution is 2.35. The first kappa shape index (κ1) is 14.4. The Bertz CT molecular complexity index is 534. The molecule has 20 heavy (non-hydrogen) atoms. The lowest BCUT2D eigenvalue weighted by Crippen LogP contribution is -2.40. The number of nitrogens with one attached hydrogen (secondary N) is 1. The highest BCUT2D eigenvalue weighted by atomic mass is 16.6. The minimum absolute atomic E-state index is 0.125. The van der Waals surface area contributed by atoms with Crippen molar-refractivity contribution in [3.63, 3.8) is 0 Å². The summed E-state index contributed by atoms with van der Waals surface area (Å²) in [7, 11) is 0. The number of rotatable bonds is 2. The number of carbonyl (C=O) groups is 2. The monoisotopic (exact) mass is 276 g/mol. The Balaban J connectivity index is 2.21. The van der Waals surface area contributed by atoms with Crippen molar-refractivity contribution in [2.24, 2.45) is 0 Å². The van der Waals surface area contributed by atoms with E-state index in [1.165, 1.54) is 0 Å². The third kappa shape index (κ3) is 2.76. The number of para-hydroxylation sites is 1. The molecular weight excluding hydrogens is 256 g/mol. The Morgan fingerprint density at radius 1 is 1.35 bits per heavy atom. The molecule has 0 saturated heterocycles. The lowest BCUT2D eigenvalue weighted by Gasteiger charge is -2.21. The minimum atomic E-state index is -0.666. The Labute approximate surface area is 118 Å². The van der Waals surface area contributed by atoms with Gasteiger partial charge in [-0.1, -0.05) is 18.2 Å². The largest absolute Gasteiger partial charge is 0.444 e. The summed E-state index contributed by atoms with van der Waals surface area (Å²) in [5, 5.41) is 2.65. The highest BCUT2D eigenvalue weighted by molar-refractivity contribution is 6.05. The number of fused-ring (bicyclic) bond motifs is 1. The van der Waals surface area contributed by atoms with Crippen molar-refractivity contribution < 1.29 is 14.3 Å². The van der Waals surface area contributed by atoms with Gasteiger partial charge in [-0.05, 0) is 33.8 Å². The van der Waals surface area contributed by atoms with Gasteiger partial charge in [0.05, 0.1) is 0 Å². The van der Waals surface area contributed by atoms with Crippen LogP contribution in [0.2, 0.25) is 0 Å². The van der Waals surface area contributed by atoms with Gasteiger partial charge in [-0.15, -0.1) is 0 Å². The number of carbonyl (C=O) groups excluding carboxylic acids is 2. The molecule has 1 atom stereocenters. The van der Waals surface area contributed by atoms with E-state index in [0.717, 1.165) is 11.3 Å². The van der Waals surface area contributed by atoms with Gasteiger partial charge in [0.25, 0.3) is 5.91 Å². The van der Waals surface area contributed by atoms with E-state index in [2.05, 4.69) is 5.32 Å². The molecule has 2 amide bonds. The Morgan fingerprint density at radius 2 is 2.00 bits per heavy atom. The molecule has 0 saturated carbocycles. The fourth-order valence-electron chi connectivity index (χ4n) is 2.28. The summed E-state index contributed by atoms with van der Waals surface area (Å²) in [5.41, 5.74) is 1.07. The van der Waals surface area contributed by atoms with Crippen LogP contribution in [0.1, 0.15) is 39.3 Å². The molecule has 1 aliphatic rings. The van der Waals surface area contributed by atoms with Crippen molar-refractivity contribution >= 4 is 17.7 Å². The van der Waals surface area contributed by atoms with Gasteiger partial charge in [0.2, 0.25) is 0 Å². The summed E-state index contributed by atoms with van der Waals surface area (Å²) < 4.78 is 5.21.